The van der Waals surface area contributed by atoms with Gasteiger partial charge in [-0.25, -0.2) is 4.39 Å². The van der Waals surface area contributed by atoms with Crippen LogP contribution in [0.3, 0.4) is 0 Å². The van der Waals surface area contributed by atoms with E-state index in [0.717, 1.165) is 0 Å². The number of aliphatic hydroxyl groups excluding tert-OH is 1. The Morgan fingerprint density at radius 3 is 2.94 bits per heavy atom. The second kappa shape index (κ2) is 4.67. The van der Waals surface area contributed by atoms with Crippen LogP contribution in [0.5, 0.6) is 0 Å². The molecule has 2 rings (SSSR count). The summed E-state index contributed by atoms with van der Waals surface area (Å²) in [6.45, 7) is -0.265. The van der Waals surface area contributed by atoms with E-state index in [1.807, 2.05) is 0 Å². The summed E-state index contributed by atoms with van der Waals surface area (Å²) in [5.41, 5.74) is -0.0119. The summed E-state index contributed by atoms with van der Waals surface area (Å²) in [6, 6.07) is 2.15. The molecule has 0 saturated carbocycles. The Kier molecular flexibility index (Phi) is 3.23. The van der Waals surface area contributed by atoms with E-state index in [2.05, 4.69) is 4.98 Å². The number of nitrogens with one attached hydrogen (secondary N) is 1. The summed E-state index contributed by atoms with van der Waals surface area (Å²) < 4.78 is 13.2. The summed E-state index contributed by atoms with van der Waals surface area (Å²) in [5, 5.41) is 9.08. The van der Waals surface area contributed by atoms with E-state index >= 15 is 0 Å². The normalized spacial score (nSPS) is 24.0. The van der Waals surface area contributed by atoms with Crippen LogP contribution in [0.1, 0.15) is 16.8 Å². The third-order valence-electron chi connectivity index (χ3n) is 2.87. The third-order valence-corrected chi connectivity index (χ3v) is 2.87. The number of pyridine rings is 1. The lowest BCUT2D eigenvalue weighted by atomic mass is 10.2. The first-order valence-electron chi connectivity index (χ1n) is 5.36. The number of aromatic amines is 1. The highest BCUT2D eigenvalue weighted by Gasteiger charge is 2.35. The largest absolute Gasteiger partial charge is 0.394 e. The van der Waals surface area contributed by atoms with Gasteiger partial charge in [0.05, 0.1) is 24.8 Å². The summed E-state index contributed by atoms with van der Waals surface area (Å²) in [7, 11) is 0. The minimum Gasteiger partial charge on any atom is -0.394 e. The molecule has 1 aromatic rings. The van der Waals surface area contributed by atoms with Crippen molar-refractivity contribution in [3.05, 3.63) is 34.2 Å². The molecule has 0 bridgehead atoms. The minimum absolute atomic E-state index is 0.0107. The number of aromatic nitrogens is 1. The Bertz CT molecular complexity index is 454. The van der Waals surface area contributed by atoms with Crippen LogP contribution in [-0.4, -0.2) is 46.3 Å². The molecule has 1 fully saturated rings. The number of H-pyrrole nitrogens is 1. The number of hydrogen-bond donors (Lipinski definition) is 2. The maximum Gasteiger partial charge on any atom is 0.255 e. The number of halogens is 1. The molecule has 0 radical (unpaired) electrons. The molecule has 1 aliphatic rings. The molecular weight excluding hydrogens is 227 g/mol. The van der Waals surface area contributed by atoms with Crippen LogP contribution in [0, 0.1) is 0 Å². The van der Waals surface area contributed by atoms with Gasteiger partial charge in [0.2, 0.25) is 5.56 Å². The van der Waals surface area contributed by atoms with Gasteiger partial charge in [-0.1, -0.05) is 0 Å². The second-order valence-electron chi connectivity index (χ2n) is 4.07. The fourth-order valence-corrected chi connectivity index (χ4v) is 1.99. The number of carbonyl (C=O) groups is 1. The van der Waals surface area contributed by atoms with E-state index in [1.165, 1.54) is 23.2 Å². The number of nitrogens with zero attached hydrogens (tertiary/aromatic N) is 1. The molecule has 6 heteroatoms. The van der Waals surface area contributed by atoms with Gasteiger partial charge >= 0.3 is 0 Å². The quantitative estimate of drug-likeness (QED) is 0.759. The Labute approximate surface area is 96.9 Å². The van der Waals surface area contributed by atoms with Crippen molar-refractivity contribution in [2.75, 3.05) is 13.2 Å². The Hall–Kier alpha value is -1.69. The highest BCUT2D eigenvalue weighted by molar-refractivity contribution is 5.94. The molecule has 2 heterocycles. The molecule has 5 nitrogen and oxygen atoms in total. The lowest BCUT2D eigenvalue weighted by Gasteiger charge is -2.22. The number of aliphatic hydroxyl groups is 1. The fourth-order valence-electron chi connectivity index (χ4n) is 1.99. The average Bonchev–Trinajstić information content (AvgIpc) is 2.70. The zero-order valence-corrected chi connectivity index (χ0v) is 9.10. The third kappa shape index (κ3) is 2.36. The number of amides is 1. The standard InChI is InChI=1S/C11H13FN2O3/c12-8-3-9(6-15)14(5-8)11(17)7-1-2-10(16)13-4-7/h1-2,4,8-9,15H,3,5-6H2,(H,13,16)/t8-,9-/m0/s1. The van der Waals surface area contributed by atoms with Gasteiger partial charge in [-0.15, -0.1) is 0 Å². The summed E-state index contributed by atoms with van der Waals surface area (Å²) in [6.07, 6.45) is 0.356. The zero-order valence-electron chi connectivity index (χ0n) is 9.10. The highest BCUT2D eigenvalue weighted by Crippen LogP contribution is 2.21. The van der Waals surface area contributed by atoms with E-state index in [0.29, 0.717) is 0 Å². The monoisotopic (exact) mass is 240 g/mol. The molecule has 0 aromatic carbocycles. The molecule has 2 N–H and O–H groups in total. The van der Waals surface area contributed by atoms with Gasteiger partial charge < -0.3 is 15.0 Å². The van der Waals surface area contributed by atoms with E-state index in [-0.39, 0.29) is 36.6 Å². The van der Waals surface area contributed by atoms with Crippen LogP contribution in [0.15, 0.2) is 23.1 Å². The average molecular weight is 240 g/mol. The van der Waals surface area contributed by atoms with Crippen molar-refractivity contribution in [2.24, 2.45) is 0 Å². The van der Waals surface area contributed by atoms with Gasteiger partial charge in [-0.2, -0.15) is 0 Å². The molecule has 1 amide bonds. The van der Waals surface area contributed by atoms with Crippen LogP contribution in [0.4, 0.5) is 4.39 Å². The van der Waals surface area contributed by atoms with Crippen LogP contribution in [0.2, 0.25) is 0 Å². The minimum atomic E-state index is -1.10. The van der Waals surface area contributed by atoms with Gasteiger partial charge in [0.25, 0.3) is 5.91 Å². The number of carbonyl (C=O) groups excluding carboxylic acids is 1. The smallest absolute Gasteiger partial charge is 0.255 e. The predicted molar refractivity (Wildman–Crippen MR) is 58.5 cm³/mol. The van der Waals surface area contributed by atoms with E-state index in [9.17, 15) is 14.0 Å². The molecule has 1 aromatic heterocycles. The molecule has 2 atom stereocenters. The molecule has 1 saturated heterocycles. The first-order valence-corrected chi connectivity index (χ1v) is 5.36. The van der Waals surface area contributed by atoms with Crippen molar-refractivity contribution >= 4 is 5.91 Å². The first-order chi connectivity index (χ1) is 8.11. The maximum absolute atomic E-state index is 13.2. The van der Waals surface area contributed by atoms with Crippen LogP contribution >= 0.6 is 0 Å². The maximum atomic E-state index is 13.2. The van der Waals surface area contributed by atoms with Crippen LogP contribution in [-0.2, 0) is 0 Å². The van der Waals surface area contributed by atoms with E-state index in [1.54, 1.807) is 0 Å². The van der Waals surface area contributed by atoms with Gasteiger partial charge in [-0.05, 0) is 6.07 Å². The SMILES string of the molecule is O=C(c1ccc(=O)[nH]c1)N1C[C@@H](F)C[C@H]1CO. The number of rotatable bonds is 2. The van der Waals surface area contributed by atoms with Gasteiger partial charge in [-0.3, -0.25) is 9.59 Å². The molecular formula is C11H13FN2O3. The second-order valence-corrected chi connectivity index (χ2v) is 4.07. The molecule has 0 aliphatic carbocycles. The summed E-state index contributed by atoms with van der Waals surface area (Å²) in [5.74, 6) is -0.375. The highest BCUT2D eigenvalue weighted by atomic mass is 19.1. The van der Waals surface area contributed by atoms with Crippen molar-refractivity contribution in [1.29, 1.82) is 0 Å². The zero-order chi connectivity index (χ0) is 12.4. The molecule has 92 valence electrons. The molecule has 0 unspecified atom stereocenters. The fraction of sp³-hybridized carbons (Fsp3) is 0.455. The van der Waals surface area contributed by atoms with Crippen molar-refractivity contribution < 1.29 is 14.3 Å². The first kappa shape index (κ1) is 11.8. The van der Waals surface area contributed by atoms with Gasteiger partial charge in [0.15, 0.2) is 0 Å². The number of likely N-dealkylation sites (tertiary alicyclic amines) is 1. The summed E-state index contributed by atoms with van der Waals surface area (Å²) >= 11 is 0. The Balaban J connectivity index is 2.19. The van der Waals surface area contributed by atoms with Crippen molar-refractivity contribution in [3.63, 3.8) is 0 Å². The van der Waals surface area contributed by atoms with Crippen LogP contribution < -0.4 is 5.56 Å². The molecule has 1 aliphatic heterocycles. The Morgan fingerprint density at radius 2 is 2.35 bits per heavy atom. The van der Waals surface area contributed by atoms with Gasteiger partial charge in [0.1, 0.15) is 6.17 Å². The molecule has 0 spiro atoms. The number of hydrogen-bond acceptors (Lipinski definition) is 3. The molecule has 17 heavy (non-hydrogen) atoms. The van der Waals surface area contributed by atoms with Crippen molar-refractivity contribution in [2.45, 2.75) is 18.6 Å². The number of alkyl halides is 1. The van der Waals surface area contributed by atoms with E-state index < -0.39 is 12.2 Å². The van der Waals surface area contributed by atoms with Crippen molar-refractivity contribution in [3.8, 4) is 0 Å². The lowest BCUT2D eigenvalue weighted by molar-refractivity contribution is 0.0672. The summed E-state index contributed by atoms with van der Waals surface area (Å²) in [4.78, 5) is 26.5. The van der Waals surface area contributed by atoms with E-state index in [4.69, 9.17) is 5.11 Å². The lowest BCUT2D eigenvalue weighted by Crippen LogP contribution is -2.38. The predicted octanol–water partition coefficient (Wildman–Crippen LogP) is -0.0802. The topological polar surface area (TPSA) is 73.4 Å². The van der Waals surface area contributed by atoms with Crippen molar-refractivity contribution in [1.82, 2.24) is 9.88 Å². The van der Waals surface area contributed by atoms with Gasteiger partial charge in [0, 0.05) is 18.7 Å². The van der Waals surface area contributed by atoms with Crippen LogP contribution in [0.25, 0.3) is 0 Å². The Morgan fingerprint density at radius 1 is 1.59 bits per heavy atom.